The molecule has 0 aliphatic carbocycles. The lowest BCUT2D eigenvalue weighted by Crippen LogP contribution is -2.41. The summed E-state index contributed by atoms with van der Waals surface area (Å²) < 4.78 is 29.2. The maximum absolute atomic E-state index is 12.4. The van der Waals surface area contributed by atoms with E-state index in [0.717, 1.165) is 6.42 Å². The lowest BCUT2D eigenvalue weighted by atomic mass is 9.89. The molecular weight excluding hydrogens is 276 g/mol. The molecule has 0 fully saturated rings. The quantitative estimate of drug-likeness (QED) is 0.845. The Morgan fingerprint density at radius 1 is 1.40 bits per heavy atom. The summed E-state index contributed by atoms with van der Waals surface area (Å²) in [5.74, 6) is 0. The fourth-order valence-corrected chi connectivity index (χ4v) is 3.24. The van der Waals surface area contributed by atoms with Gasteiger partial charge in [0.05, 0.1) is 11.5 Å². The van der Waals surface area contributed by atoms with Crippen molar-refractivity contribution in [3.63, 3.8) is 0 Å². The largest absolute Gasteiger partial charge is 0.390 e. The van der Waals surface area contributed by atoms with E-state index in [-0.39, 0.29) is 23.0 Å². The third kappa shape index (κ3) is 4.07. The standard InChI is InChI=1S/C14H26N2O3S/c1-6-7-16-9-13(8-12(16)10-17)20(18,19)15-11(2)14(3,4)5/h8-9,11,15,17H,6-7,10H2,1-5H3. The Balaban J connectivity index is 3.04. The molecule has 6 heteroatoms. The molecule has 1 aromatic heterocycles. The van der Waals surface area contributed by atoms with Crippen LogP contribution in [0.3, 0.4) is 0 Å². The van der Waals surface area contributed by atoms with Crippen LogP contribution in [0.1, 0.15) is 46.7 Å². The van der Waals surface area contributed by atoms with Gasteiger partial charge in [-0.15, -0.1) is 0 Å². The summed E-state index contributed by atoms with van der Waals surface area (Å²) in [5, 5.41) is 9.30. The van der Waals surface area contributed by atoms with Gasteiger partial charge in [-0.25, -0.2) is 13.1 Å². The number of rotatable bonds is 6. The molecule has 0 aromatic carbocycles. The zero-order valence-corrected chi connectivity index (χ0v) is 13.8. The van der Waals surface area contributed by atoms with Crippen molar-refractivity contribution >= 4 is 10.0 Å². The van der Waals surface area contributed by atoms with E-state index >= 15 is 0 Å². The van der Waals surface area contributed by atoms with Gasteiger partial charge in [-0.3, -0.25) is 0 Å². The zero-order chi connectivity index (χ0) is 15.6. The molecule has 1 unspecified atom stereocenters. The van der Waals surface area contributed by atoms with Crippen molar-refractivity contribution in [1.29, 1.82) is 0 Å². The fraction of sp³-hybridized carbons (Fsp3) is 0.714. The van der Waals surface area contributed by atoms with Crippen LogP contribution in [0.5, 0.6) is 0 Å². The molecule has 0 aliphatic rings. The summed E-state index contributed by atoms with van der Waals surface area (Å²) in [4.78, 5) is 0.214. The Morgan fingerprint density at radius 2 is 2.00 bits per heavy atom. The molecule has 20 heavy (non-hydrogen) atoms. The summed E-state index contributed by atoms with van der Waals surface area (Å²) in [7, 11) is -3.55. The number of nitrogens with zero attached hydrogens (tertiary/aromatic N) is 1. The summed E-state index contributed by atoms with van der Waals surface area (Å²) in [6.07, 6.45) is 2.47. The third-order valence-corrected chi connectivity index (χ3v) is 5.04. The molecule has 1 atom stereocenters. The Labute approximate surface area is 122 Å². The van der Waals surface area contributed by atoms with Crippen LogP contribution in [0.2, 0.25) is 0 Å². The van der Waals surface area contributed by atoms with E-state index in [2.05, 4.69) is 4.72 Å². The number of aromatic nitrogens is 1. The second-order valence-corrected chi connectivity index (χ2v) is 7.94. The van der Waals surface area contributed by atoms with E-state index < -0.39 is 10.0 Å². The average Bonchev–Trinajstić information content (AvgIpc) is 2.71. The van der Waals surface area contributed by atoms with E-state index in [4.69, 9.17) is 0 Å². The smallest absolute Gasteiger partial charge is 0.242 e. The molecule has 1 heterocycles. The molecule has 0 saturated heterocycles. The van der Waals surface area contributed by atoms with Crippen LogP contribution in [0.4, 0.5) is 0 Å². The molecule has 0 saturated carbocycles. The number of aliphatic hydroxyl groups excluding tert-OH is 1. The van der Waals surface area contributed by atoms with Gasteiger partial charge >= 0.3 is 0 Å². The Morgan fingerprint density at radius 3 is 2.45 bits per heavy atom. The number of nitrogens with one attached hydrogen (secondary N) is 1. The Kier molecular flexibility index (Phi) is 5.40. The highest BCUT2D eigenvalue weighted by atomic mass is 32.2. The van der Waals surface area contributed by atoms with Gasteiger partial charge in [0.2, 0.25) is 10.0 Å². The average molecular weight is 302 g/mol. The highest BCUT2D eigenvalue weighted by Gasteiger charge is 2.27. The summed E-state index contributed by atoms with van der Waals surface area (Å²) in [5.41, 5.74) is 0.467. The highest BCUT2D eigenvalue weighted by Crippen LogP contribution is 2.22. The molecular formula is C14H26N2O3S. The van der Waals surface area contributed by atoms with Crippen LogP contribution in [0.15, 0.2) is 17.2 Å². The molecule has 0 amide bonds. The second-order valence-electron chi connectivity index (χ2n) is 6.23. The monoisotopic (exact) mass is 302 g/mol. The molecule has 0 spiro atoms. The fourth-order valence-electron chi connectivity index (χ4n) is 1.73. The minimum Gasteiger partial charge on any atom is -0.390 e. The number of aryl methyl sites for hydroxylation is 1. The lowest BCUT2D eigenvalue weighted by molar-refractivity contribution is 0.270. The van der Waals surface area contributed by atoms with Crippen LogP contribution in [-0.4, -0.2) is 24.1 Å². The summed E-state index contributed by atoms with van der Waals surface area (Å²) in [6.45, 7) is 10.4. The van der Waals surface area contributed by atoms with E-state index in [9.17, 15) is 13.5 Å². The van der Waals surface area contributed by atoms with Gasteiger partial charge in [0.25, 0.3) is 0 Å². The van der Waals surface area contributed by atoms with Gasteiger partial charge in [-0.05, 0) is 24.8 Å². The van der Waals surface area contributed by atoms with E-state index in [1.807, 2.05) is 34.6 Å². The molecule has 0 bridgehead atoms. The second kappa shape index (κ2) is 6.28. The Bertz CT molecular complexity index is 541. The molecule has 0 radical (unpaired) electrons. The van der Waals surface area contributed by atoms with Gasteiger partial charge in [-0.2, -0.15) is 0 Å². The predicted molar refractivity (Wildman–Crippen MR) is 79.9 cm³/mol. The van der Waals surface area contributed by atoms with Crippen molar-refractivity contribution in [2.75, 3.05) is 0 Å². The number of aliphatic hydroxyl groups is 1. The van der Waals surface area contributed by atoms with Crippen LogP contribution in [0, 0.1) is 5.41 Å². The minimum atomic E-state index is -3.55. The van der Waals surface area contributed by atoms with Gasteiger partial charge < -0.3 is 9.67 Å². The first-order chi connectivity index (χ1) is 9.11. The topological polar surface area (TPSA) is 71.3 Å². The Hall–Kier alpha value is -0.850. The maximum Gasteiger partial charge on any atom is 0.242 e. The number of hydrogen-bond acceptors (Lipinski definition) is 3. The lowest BCUT2D eigenvalue weighted by Gasteiger charge is -2.27. The molecule has 2 N–H and O–H groups in total. The maximum atomic E-state index is 12.4. The molecule has 5 nitrogen and oxygen atoms in total. The first-order valence-electron chi connectivity index (χ1n) is 6.94. The SMILES string of the molecule is CCCn1cc(S(=O)(=O)NC(C)C(C)(C)C)cc1CO. The third-order valence-electron chi connectivity index (χ3n) is 3.53. The van der Waals surface area contributed by atoms with Crippen LogP contribution in [-0.2, 0) is 23.2 Å². The van der Waals surface area contributed by atoms with Crippen LogP contribution < -0.4 is 4.72 Å². The van der Waals surface area contributed by atoms with Crippen LogP contribution in [0.25, 0.3) is 0 Å². The highest BCUT2D eigenvalue weighted by molar-refractivity contribution is 7.89. The van der Waals surface area contributed by atoms with Crippen molar-refractivity contribution in [2.45, 2.75) is 65.1 Å². The van der Waals surface area contributed by atoms with Crippen molar-refractivity contribution in [2.24, 2.45) is 5.41 Å². The van der Waals surface area contributed by atoms with Gasteiger partial charge in [0, 0.05) is 24.5 Å². The summed E-state index contributed by atoms with van der Waals surface area (Å²) >= 11 is 0. The van der Waals surface area contributed by atoms with E-state index in [1.54, 1.807) is 10.8 Å². The zero-order valence-electron chi connectivity index (χ0n) is 13.0. The van der Waals surface area contributed by atoms with Crippen molar-refractivity contribution in [3.8, 4) is 0 Å². The van der Waals surface area contributed by atoms with Gasteiger partial charge in [-0.1, -0.05) is 27.7 Å². The predicted octanol–water partition coefficient (Wildman–Crippen LogP) is 2.10. The minimum absolute atomic E-state index is 0.154. The molecule has 116 valence electrons. The molecule has 1 aromatic rings. The van der Waals surface area contributed by atoms with Crippen LogP contribution >= 0.6 is 0 Å². The van der Waals surface area contributed by atoms with Crippen molar-refractivity contribution in [3.05, 3.63) is 18.0 Å². The normalized spacial score (nSPS) is 14.5. The van der Waals surface area contributed by atoms with Crippen molar-refractivity contribution in [1.82, 2.24) is 9.29 Å². The number of hydrogen-bond donors (Lipinski definition) is 2. The van der Waals surface area contributed by atoms with E-state index in [1.165, 1.54) is 6.07 Å². The number of sulfonamides is 1. The van der Waals surface area contributed by atoms with Gasteiger partial charge in [0.15, 0.2) is 0 Å². The summed E-state index contributed by atoms with van der Waals surface area (Å²) in [6, 6.07) is 1.35. The van der Waals surface area contributed by atoms with Gasteiger partial charge in [0.1, 0.15) is 0 Å². The first kappa shape index (κ1) is 17.2. The van der Waals surface area contributed by atoms with E-state index in [0.29, 0.717) is 12.2 Å². The molecule has 1 rings (SSSR count). The first-order valence-corrected chi connectivity index (χ1v) is 8.42. The van der Waals surface area contributed by atoms with Crippen molar-refractivity contribution < 1.29 is 13.5 Å². The molecule has 0 aliphatic heterocycles.